The van der Waals surface area contributed by atoms with Gasteiger partial charge in [-0.3, -0.25) is 10.1 Å². The fourth-order valence-corrected chi connectivity index (χ4v) is 3.29. The van der Waals surface area contributed by atoms with Crippen LogP contribution in [0.4, 0.5) is 5.69 Å². The highest BCUT2D eigenvalue weighted by molar-refractivity contribution is 7.19. The van der Waals surface area contributed by atoms with Gasteiger partial charge in [-0.05, 0) is 19.1 Å². The monoisotopic (exact) mass is 336 g/mol. The lowest BCUT2D eigenvalue weighted by atomic mass is 10.1. The lowest BCUT2D eigenvalue weighted by Crippen LogP contribution is -1.87. The molecule has 0 unspecified atom stereocenters. The van der Waals surface area contributed by atoms with Gasteiger partial charge in [0.25, 0.3) is 5.69 Å². The zero-order chi connectivity index (χ0) is 16.7. The fraction of sp³-hybridized carbons (Fsp3) is 0.0588. The number of aryl methyl sites for hydroxylation is 1. The van der Waals surface area contributed by atoms with E-state index in [1.165, 1.54) is 29.0 Å². The molecule has 24 heavy (non-hydrogen) atoms. The maximum atomic E-state index is 10.7. The van der Waals surface area contributed by atoms with Crippen molar-refractivity contribution in [2.24, 2.45) is 0 Å². The minimum absolute atomic E-state index is 0.0690. The van der Waals surface area contributed by atoms with Crippen molar-refractivity contribution in [3.63, 3.8) is 0 Å². The zero-order valence-corrected chi connectivity index (χ0v) is 13.5. The molecule has 0 bridgehead atoms. The van der Waals surface area contributed by atoms with Crippen LogP contribution in [0.3, 0.4) is 0 Å². The highest BCUT2D eigenvalue weighted by Crippen LogP contribution is 2.28. The number of non-ortho nitro benzene ring substituents is 1. The predicted octanol–water partition coefficient (Wildman–Crippen LogP) is 4.34. The van der Waals surface area contributed by atoms with Gasteiger partial charge in [-0.25, -0.2) is 9.50 Å². The van der Waals surface area contributed by atoms with Crippen LogP contribution in [0.5, 0.6) is 0 Å². The third-order valence-corrected chi connectivity index (χ3v) is 4.69. The van der Waals surface area contributed by atoms with Gasteiger partial charge < -0.3 is 0 Å². The summed E-state index contributed by atoms with van der Waals surface area (Å²) in [6.07, 6.45) is 1.84. The average Bonchev–Trinajstić information content (AvgIpc) is 3.14. The number of hydrogen-bond donors (Lipinski definition) is 0. The summed E-state index contributed by atoms with van der Waals surface area (Å²) in [5.41, 5.74) is 3.92. The Morgan fingerprint density at radius 2 is 1.71 bits per heavy atom. The molecule has 4 aromatic rings. The first-order valence-electron chi connectivity index (χ1n) is 7.28. The zero-order valence-electron chi connectivity index (χ0n) is 12.7. The molecule has 4 rings (SSSR count). The number of hydrogen-bond acceptors (Lipinski definition) is 5. The van der Waals surface area contributed by atoms with Gasteiger partial charge >= 0.3 is 0 Å². The van der Waals surface area contributed by atoms with E-state index >= 15 is 0 Å². The minimum Gasteiger partial charge on any atom is -0.258 e. The lowest BCUT2D eigenvalue weighted by molar-refractivity contribution is -0.384. The summed E-state index contributed by atoms with van der Waals surface area (Å²) in [4.78, 5) is 15.7. The number of nitro groups is 1. The molecule has 0 fully saturated rings. The lowest BCUT2D eigenvalue weighted by Gasteiger charge is -1.97. The van der Waals surface area contributed by atoms with Crippen molar-refractivity contribution in [1.29, 1.82) is 0 Å². The van der Waals surface area contributed by atoms with E-state index in [2.05, 4.69) is 29.1 Å². The Kier molecular flexibility index (Phi) is 3.35. The molecule has 0 spiro atoms. The van der Waals surface area contributed by atoms with E-state index in [-0.39, 0.29) is 5.69 Å². The highest BCUT2D eigenvalue weighted by atomic mass is 32.1. The van der Waals surface area contributed by atoms with Crippen molar-refractivity contribution in [2.75, 3.05) is 0 Å². The molecule has 0 saturated heterocycles. The molecule has 7 heteroatoms. The van der Waals surface area contributed by atoms with Crippen molar-refractivity contribution in [1.82, 2.24) is 14.6 Å². The summed E-state index contributed by atoms with van der Waals surface area (Å²) in [6, 6.07) is 14.6. The molecule has 2 heterocycles. The molecule has 0 radical (unpaired) electrons. The third-order valence-electron chi connectivity index (χ3n) is 3.72. The van der Waals surface area contributed by atoms with Crippen LogP contribution in [0.2, 0.25) is 0 Å². The van der Waals surface area contributed by atoms with E-state index in [4.69, 9.17) is 0 Å². The number of aromatic nitrogens is 3. The second-order valence-corrected chi connectivity index (χ2v) is 6.39. The van der Waals surface area contributed by atoms with Crippen molar-refractivity contribution in [2.45, 2.75) is 6.92 Å². The summed E-state index contributed by atoms with van der Waals surface area (Å²) in [5.74, 6) is 0. The minimum atomic E-state index is -0.412. The summed E-state index contributed by atoms with van der Waals surface area (Å²) in [7, 11) is 0. The Labute approximate surface area is 141 Å². The molecule has 0 saturated carbocycles. The first-order valence-corrected chi connectivity index (χ1v) is 8.10. The van der Waals surface area contributed by atoms with Crippen molar-refractivity contribution >= 4 is 22.0 Å². The van der Waals surface area contributed by atoms with E-state index in [0.29, 0.717) is 0 Å². The summed E-state index contributed by atoms with van der Waals surface area (Å²) in [5, 5.41) is 16.2. The summed E-state index contributed by atoms with van der Waals surface area (Å²) in [6.45, 7) is 2.05. The van der Waals surface area contributed by atoms with Crippen molar-refractivity contribution in [3.8, 4) is 21.8 Å². The van der Waals surface area contributed by atoms with Crippen LogP contribution in [0, 0.1) is 17.0 Å². The van der Waals surface area contributed by atoms with E-state index < -0.39 is 4.92 Å². The van der Waals surface area contributed by atoms with Gasteiger partial charge in [0.15, 0.2) is 0 Å². The first kappa shape index (κ1) is 14.5. The van der Waals surface area contributed by atoms with Gasteiger partial charge in [0.1, 0.15) is 5.01 Å². The molecule has 0 N–H and O–H groups in total. The van der Waals surface area contributed by atoms with Gasteiger partial charge in [0.05, 0.1) is 16.8 Å². The van der Waals surface area contributed by atoms with Crippen LogP contribution >= 0.6 is 11.3 Å². The molecule has 0 aliphatic carbocycles. The molecule has 6 nitrogen and oxygen atoms in total. The molecular weight excluding hydrogens is 324 g/mol. The Morgan fingerprint density at radius 1 is 1.04 bits per heavy atom. The molecule has 2 aromatic heterocycles. The smallest absolute Gasteiger partial charge is 0.258 e. The van der Waals surface area contributed by atoms with Crippen LogP contribution in [-0.2, 0) is 0 Å². The van der Waals surface area contributed by atoms with Gasteiger partial charge in [0.2, 0.25) is 4.96 Å². The predicted molar refractivity (Wildman–Crippen MR) is 93.1 cm³/mol. The van der Waals surface area contributed by atoms with Crippen LogP contribution in [-0.4, -0.2) is 19.5 Å². The number of benzene rings is 2. The Morgan fingerprint density at radius 3 is 2.33 bits per heavy atom. The van der Waals surface area contributed by atoms with Crippen molar-refractivity contribution in [3.05, 3.63) is 70.4 Å². The first-order chi connectivity index (χ1) is 11.6. The maximum absolute atomic E-state index is 10.7. The van der Waals surface area contributed by atoms with Gasteiger partial charge in [0, 0.05) is 23.3 Å². The standard InChI is InChI=1S/C17H12N4O2S/c1-11-2-4-13(5-3-11)16-19-20-10-15(18-17(20)24-16)12-6-8-14(9-7-12)21(22)23/h2-10H,1H3. The van der Waals surface area contributed by atoms with Gasteiger partial charge in [-0.1, -0.05) is 41.2 Å². The van der Waals surface area contributed by atoms with Crippen molar-refractivity contribution < 1.29 is 4.92 Å². The quantitative estimate of drug-likeness (QED) is 0.412. The number of imidazole rings is 1. The van der Waals surface area contributed by atoms with E-state index in [1.807, 2.05) is 18.3 Å². The molecule has 0 aliphatic heterocycles. The molecular formula is C17H12N4O2S. The maximum Gasteiger partial charge on any atom is 0.269 e. The Balaban J connectivity index is 1.68. The third kappa shape index (κ3) is 2.55. The van der Waals surface area contributed by atoms with Gasteiger partial charge in [-0.2, -0.15) is 5.10 Å². The Hall–Kier alpha value is -3.06. The molecule has 118 valence electrons. The second kappa shape index (κ2) is 5.54. The van der Waals surface area contributed by atoms with Gasteiger partial charge in [-0.15, -0.1) is 0 Å². The molecule has 2 aromatic carbocycles. The largest absolute Gasteiger partial charge is 0.269 e. The fourth-order valence-electron chi connectivity index (χ4n) is 2.41. The van der Waals surface area contributed by atoms with Crippen LogP contribution in [0.15, 0.2) is 54.7 Å². The molecule has 0 atom stereocenters. The normalized spacial score (nSPS) is 11.0. The molecule has 0 amide bonds. The summed E-state index contributed by atoms with van der Waals surface area (Å²) < 4.78 is 1.75. The number of nitro benzene ring substituents is 1. The van der Waals surface area contributed by atoms with Crippen LogP contribution < -0.4 is 0 Å². The summed E-state index contributed by atoms with van der Waals surface area (Å²) >= 11 is 1.51. The second-order valence-electron chi connectivity index (χ2n) is 5.43. The average molecular weight is 336 g/mol. The highest BCUT2D eigenvalue weighted by Gasteiger charge is 2.12. The Bertz CT molecular complexity index is 1000. The van der Waals surface area contributed by atoms with E-state index in [9.17, 15) is 10.1 Å². The topological polar surface area (TPSA) is 73.3 Å². The number of rotatable bonds is 3. The number of nitrogens with zero attached hydrogens (tertiary/aromatic N) is 4. The van der Waals surface area contributed by atoms with E-state index in [0.717, 1.165) is 26.8 Å². The molecule has 0 aliphatic rings. The number of fused-ring (bicyclic) bond motifs is 1. The van der Waals surface area contributed by atoms with E-state index in [1.54, 1.807) is 16.6 Å². The van der Waals surface area contributed by atoms with Crippen LogP contribution in [0.25, 0.3) is 26.8 Å². The SMILES string of the molecule is Cc1ccc(-c2nn3cc(-c4ccc([N+](=O)[O-])cc4)nc3s2)cc1. The van der Waals surface area contributed by atoms with Crippen LogP contribution in [0.1, 0.15) is 5.56 Å².